The molecular weight excluding hydrogens is 410 g/mol. The Balaban J connectivity index is 1.46. The Labute approximate surface area is 171 Å². The molecule has 0 aliphatic rings. The molecule has 2 heterocycles. The topological polar surface area (TPSA) is 97.2 Å². The number of carbonyl (C=O) groups excluding carboxylic acids is 1. The molecule has 4 rings (SSSR count). The standard InChI is InChI=1S/C19H19N5O3S2/c1-23(2)29(26,27)13-7-8-16-15(11-13)20-12-24(16)10-9-18(25)22-19-21-14-5-3-4-6-17(14)28-19/h3-8,11-12H,9-10H2,1-2H3,(H,21,22,25). The van der Waals surface area contributed by atoms with E-state index in [-0.39, 0.29) is 17.2 Å². The summed E-state index contributed by atoms with van der Waals surface area (Å²) in [4.78, 5) is 21.2. The van der Waals surface area contributed by atoms with Gasteiger partial charge in [0.15, 0.2) is 5.13 Å². The van der Waals surface area contributed by atoms with Crippen molar-refractivity contribution in [3.05, 3.63) is 48.8 Å². The predicted octanol–water partition coefficient (Wildman–Crippen LogP) is 2.93. The maximum Gasteiger partial charge on any atom is 0.242 e. The van der Waals surface area contributed by atoms with E-state index in [0.29, 0.717) is 17.2 Å². The Hall–Kier alpha value is -2.82. The zero-order valence-corrected chi connectivity index (χ0v) is 17.5. The number of aromatic nitrogens is 3. The van der Waals surface area contributed by atoms with Gasteiger partial charge in [-0.3, -0.25) is 4.79 Å². The van der Waals surface area contributed by atoms with Gasteiger partial charge in [0.2, 0.25) is 15.9 Å². The average Bonchev–Trinajstić information content (AvgIpc) is 3.28. The first-order valence-corrected chi connectivity index (χ1v) is 11.1. The summed E-state index contributed by atoms with van der Waals surface area (Å²) >= 11 is 1.43. The molecule has 0 aliphatic carbocycles. The Bertz CT molecular complexity index is 1270. The van der Waals surface area contributed by atoms with Crippen molar-refractivity contribution in [3.63, 3.8) is 0 Å². The molecular formula is C19H19N5O3S2. The van der Waals surface area contributed by atoms with Crippen molar-refractivity contribution in [2.75, 3.05) is 19.4 Å². The van der Waals surface area contributed by atoms with Gasteiger partial charge in [-0.25, -0.2) is 22.7 Å². The number of sulfonamides is 1. The summed E-state index contributed by atoms with van der Waals surface area (Å²) in [5.41, 5.74) is 2.20. The van der Waals surface area contributed by atoms with Gasteiger partial charge in [0.05, 0.1) is 32.5 Å². The van der Waals surface area contributed by atoms with Crippen molar-refractivity contribution in [1.82, 2.24) is 18.8 Å². The van der Waals surface area contributed by atoms with Gasteiger partial charge in [-0.1, -0.05) is 23.5 Å². The SMILES string of the molecule is CN(C)S(=O)(=O)c1ccc2c(c1)ncn2CCC(=O)Nc1nc2ccccc2s1. The van der Waals surface area contributed by atoms with Crippen LogP contribution in [0.3, 0.4) is 0 Å². The normalized spacial score (nSPS) is 12.1. The number of aryl methyl sites for hydroxylation is 1. The Morgan fingerprint density at radius 1 is 1.17 bits per heavy atom. The molecule has 0 atom stereocenters. The number of amides is 1. The number of nitrogens with zero attached hydrogens (tertiary/aromatic N) is 4. The zero-order chi connectivity index (χ0) is 20.6. The van der Waals surface area contributed by atoms with Gasteiger partial charge in [-0.15, -0.1) is 0 Å². The number of imidazole rings is 1. The predicted molar refractivity (Wildman–Crippen MR) is 113 cm³/mol. The highest BCUT2D eigenvalue weighted by molar-refractivity contribution is 7.89. The number of para-hydroxylation sites is 1. The second-order valence-corrected chi connectivity index (χ2v) is 9.84. The van der Waals surface area contributed by atoms with Gasteiger partial charge in [-0.2, -0.15) is 0 Å². The van der Waals surface area contributed by atoms with Crippen molar-refractivity contribution in [2.24, 2.45) is 0 Å². The number of hydrogen-bond donors (Lipinski definition) is 1. The van der Waals surface area contributed by atoms with E-state index in [1.165, 1.54) is 25.4 Å². The molecule has 0 fully saturated rings. The van der Waals surface area contributed by atoms with E-state index in [4.69, 9.17) is 0 Å². The maximum absolute atomic E-state index is 12.3. The molecule has 150 valence electrons. The highest BCUT2D eigenvalue weighted by Crippen LogP contribution is 2.25. The van der Waals surface area contributed by atoms with Crippen molar-refractivity contribution in [3.8, 4) is 0 Å². The lowest BCUT2D eigenvalue weighted by atomic mass is 10.3. The number of nitrogens with one attached hydrogen (secondary N) is 1. The molecule has 0 bridgehead atoms. The molecule has 0 saturated heterocycles. The summed E-state index contributed by atoms with van der Waals surface area (Å²) in [6, 6.07) is 12.5. The van der Waals surface area contributed by atoms with Crippen LogP contribution in [0.15, 0.2) is 53.7 Å². The first kappa shape index (κ1) is 19.5. The van der Waals surface area contributed by atoms with Crippen LogP contribution in [0.2, 0.25) is 0 Å². The van der Waals surface area contributed by atoms with Crippen LogP contribution in [0.1, 0.15) is 6.42 Å². The zero-order valence-electron chi connectivity index (χ0n) is 15.9. The first-order valence-electron chi connectivity index (χ1n) is 8.87. The quantitative estimate of drug-likeness (QED) is 0.508. The molecule has 10 heteroatoms. The molecule has 4 aromatic rings. The molecule has 2 aromatic heterocycles. The summed E-state index contributed by atoms with van der Waals surface area (Å²) in [7, 11) is -0.540. The number of benzene rings is 2. The van der Waals surface area contributed by atoms with Gasteiger partial charge >= 0.3 is 0 Å². The van der Waals surface area contributed by atoms with E-state index >= 15 is 0 Å². The average molecular weight is 430 g/mol. The minimum absolute atomic E-state index is 0.141. The fraction of sp³-hybridized carbons (Fsp3) is 0.211. The van der Waals surface area contributed by atoms with Crippen molar-refractivity contribution in [2.45, 2.75) is 17.9 Å². The van der Waals surface area contributed by atoms with Crippen LogP contribution in [0.5, 0.6) is 0 Å². The molecule has 0 spiro atoms. The molecule has 0 saturated carbocycles. The van der Waals surface area contributed by atoms with Gasteiger partial charge in [0.25, 0.3) is 0 Å². The highest BCUT2D eigenvalue weighted by atomic mass is 32.2. The van der Waals surface area contributed by atoms with Gasteiger partial charge in [0, 0.05) is 27.1 Å². The van der Waals surface area contributed by atoms with Crippen LogP contribution < -0.4 is 5.32 Å². The second kappa shape index (κ2) is 7.54. The monoisotopic (exact) mass is 429 g/mol. The van der Waals surface area contributed by atoms with Crippen LogP contribution in [-0.4, -0.2) is 47.3 Å². The second-order valence-electron chi connectivity index (χ2n) is 6.66. The summed E-state index contributed by atoms with van der Waals surface area (Å²) in [6.07, 6.45) is 1.86. The number of anilines is 1. The lowest BCUT2D eigenvalue weighted by Gasteiger charge is -2.11. The van der Waals surface area contributed by atoms with Crippen LogP contribution >= 0.6 is 11.3 Å². The Morgan fingerprint density at radius 2 is 1.97 bits per heavy atom. The number of hydrogen-bond acceptors (Lipinski definition) is 6. The molecule has 0 radical (unpaired) electrons. The Kier molecular flexibility index (Phi) is 5.07. The Morgan fingerprint density at radius 3 is 2.72 bits per heavy atom. The number of fused-ring (bicyclic) bond motifs is 2. The van der Waals surface area contributed by atoms with Gasteiger partial charge in [-0.05, 0) is 30.3 Å². The molecule has 1 N–H and O–H groups in total. The summed E-state index contributed by atoms with van der Waals surface area (Å²) < 4.78 is 28.6. The smallest absolute Gasteiger partial charge is 0.242 e. The van der Waals surface area contributed by atoms with E-state index < -0.39 is 10.0 Å². The van der Waals surface area contributed by atoms with Crippen LogP contribution in [0.4, 0.5) is 5.13 Å². The molecule has 29 heavy (non-hydrogen) atoms. The van der Waals surface area contributed by atoms with E-state index in [1.807, 2.05) is 28.8 Å². The summed E-state index contributed by atoms with van der Waals surface area (Å²) in [5.74, 6) is -0.141. The minimum atomic E-state index is -3.52. The molecule has 1 amide bonds. The maximum atomic E-state index is 12.3. The molecule has 0 unspecified atom stereocenters. The van der Waals surface area contributed by atoms with Crippen molar-refractivity contribution in [1.29, 1.82) is 0 Å². The number of rotatable bonds is 6. The van der Waals surface area contributed by atoms with E-state index in [2.05, 4.69) is 15.3 Å². The molecule has 0 aliphatic heterocycles. The van der Waals surface area contributed by atoms with E-state index in [0.717, 1.165) is 20.0 Å². The van der Waals surface area contributed by atoms with Crippen molar-refractivity contribution < 1.29 is 13.2 Å². The minimum Gasteiger partial charge on any atom is -0.330 e. The highest BCUT2D eigenvalue weighted by Gasteiger charge is 2.18. The van der Waals surface area contributed by atoms with Crippen LogP contribution in [0, 0.1) is 0 Å². The lowest BCUT2D eigenvalue weighted by Crippen LogP contribution is -2.22. The fourth-order valence-electron chi connectivity index (χ4n) is 2.92. The summed E-state index contributed by atoms with van der Waals surface area (Å²) in [6.45, 7) is 0.424. The fourth-order valence-corrected chi connectivity index (χ4v) is 4.73. The molecule has 8 nitrogen and oxygen atoms in total. The molecule has 2 aromatic carbocycles. The largest absolute Gasteiger partial charge is 0.330 e. The van der Waals surface area contributed by atoms with Crippen LogP contribution in [-0.2, 0) is 21.4 Å². The third-order valence-electron chi connectivity index (χ3n) is 4.49. The lowest BCUT2D eigenvalue weighted by molar-refractivity contribution is -0.116. The van der Waals surface area contributed by atoms with E-state index in [9.17, 15) is 13.2 Å². The third kappa shape index (κ3) is 3.86. The first-order chi connectivity index (χ1) is 13.8. The summed E-state index contributed by atoms with van der Waals surface area (Å²) in [5, 5.41) is 3.41. The van der Waals surface area contributed by atoms with Crippen molar-refractivity contribution >= 4 is 53.6 Å². The van der Waals surface area contributed by atoms with Crippen LogP contribution in [0.25, 0.3) is 21.3 Å². The van der Waals surface area contributed by atoms with Gasteiger partial charge in [0.1, 0.15) is 0 Å². The number of thiazole rings is 1. The number of carbonyl (C=O) groups is 1. The van der Waals surface area contributed by atoms with Gasteiger partial charge < -0.3 is 9.88 Å². The third-order valence-corrected chi connectivity index (χ3v) is 7.25. The van der Waals surface area contributed by atoms with E-state index in [1.54, 1.807) is 24.5 Å².